The van der Waals surface area contributed by atoms with E-state index in [-0.39, 0.29) is 0 Å². The van der Waals surface area contributed by atoms with Gasteiger partial charge in [0.1, 0.15) is 0 Å². The topological polar surface area (TPSA) is 12.0 Å². The van der Waals surface area contributed by atoms with Crippen LogP contribution in [0.1, 0.15) is 57.4 Å². The van der Waals surface area contributed by atoms with Crippen molar-refractivity contribution in [2.75, 3.05) is 6.54 Å². The SMILES string of the molecule is CC(C)NCC(c1c(Cl)cccc1Cl)C1CCCCC1. The molecule has 1 aliphatic rings. The second kappa shape index (κ2) is 7.68. The molecule has 0 aromatic heterocycles. The van der Waals surface area contributed by atoms with Crippen molar-refractivity contribution < 1.29 is 0 Å². The molecule has 0 spiro atoms. The largest absolute Gasteiger partial charge is 0.314 e. The van der Waals surface area contributed by atoms with E-state index in [1.165, 1.54) is 32.1 Å². The Bertz CT molecular complexity index is 405. The van der Waals surface area contributed by atoms with Gasteiger partial charge in [0.25, 0.3) is 0 Å². The molecule has 0 amide bonds. The smallest absolute Gasteiger partial charge is 0.0456 e. The van der Waals surface area contributed by atoms with Crippen LogP contribution in [-0.4, -0.2) is 12.6 Å². The standard InChI is InChI=1S/C17H25Cl2N/c1-12(2)20-11-14(13-7-4-3-5-8-13)17-15(18)9-6-10-16(17)19/h6,9-10,12-14,20H,3-5,7-8,11H2,1-2H3. The highest BCUT2D eigenvalue weighted by Crippen LogP contribution is 2.41. The third kappa shape index (κ3) is 4.13. The Balaban J connectivity index is 2.24. The Morgan fingerprint density at radius 3 is 2.25 bits per heavy atom. The second-order valence-corrected chi connectivity index (χ2v) is 7.02. The van der Waals surface area contributed by atoms with E-state index >= 15 is 0 Å². The summed E-state index contributed by atoms with van der Waals surface area (Å²) in [6, 6.07) is 6.35. The van der Waals surface area contributed by atoms with Crippen LogP contribution in [0.4, 0.5) is 0 Å². The highest BCUT2D eigenvalue weighted by Gasteiger charge is 2.28. The molecule has 3 heteroatoms. The summed E-state index contributed by atoms with van der Waals surface area (Å²) >= 11 is 12.9. The molecule has 112 valence electrons. The van der Waals surface area contributed by atoms with E-state index in [0.717, 1.165) is 22.2 Å². The van der Waals surface area contributed by atoms with Crippen LogP contribution in [0.15, 0.2) is 18.2 Å². The van der Waals surface area contributed by atoms with Crippen LogP contribution >= 0.6 is 23.2 Å². The zero-order chi connectivity index (χ0) is 14.5. The van der Waals surface area contributed by atoms with Gasteiger partial charge in [-0.3, -0.25) is 0 Å². The Hall–Kier alpha value is -0.240. The molecule has 1 unspecified atom stereocenters. The average Bonchev–Trinajstić information content (AvgIpc) is 2.42. The van der Waals surface area contributed by atoms with Gasteiger partial charge in [0, 0.05) is 28.5 Å². The zero-order valence-corrected chi connectivity index (χ0v) is 14.0. The Labute approximate surface area is 133 Å². The molecule has 20 heavy (non-hydrogen) atoms. The average molecular weight is 314 g/mol. The first-order chi connectivity index (χ1) is 9.59. The summed E-state index contributed by atoms with van der Waals surface area (Å²) in [4.78, 5) is 0. The van der Waals surface area contributed by atoms with Crippen LogP contribution < -0.4 is 5.32 Å². The minimum absolute atomic E-state index is 0.430. The van der Waals surface area contributed by atoms with Crippen LogP contribution in [0.3, 0.4) is 0 Å². The maximum absolute atomic E-state index is 6.45. The quantitative estimate of drug-likeness (QED) is 0.740. The normalized spacial score (nSPS) is 18.4. The fourth-order valence-electron chi connectivity index (χ4n) is 3.27. The lowest BCUT2D eigenvalue weighted by Crippen LogP contribution is -2.32. The summed E-state index contributed by atoms with van der Waals surface area (Å²) in [6.45, 7) is 5.34. The van der Waals surface area contributed by atoms with Crippen molar-refractivity contribution in [1.82, 2.24) is 5.32 Å². The van der Waals surface area contributed by atoms with E-state index in [9.17, 15) is 0 Å². The molecule has 1 N–H and O–H groups in total. The van der Waals surface area contributed by atoms with Crippen molar-refractivity contribution in [3.8, 4) is 0 Å². The van der Waals surface area contributed by atoms with Gasteiger partial charge in [-0.2, -0.15) is 0 Å². The number of hydrogen-bond donors (Lipinski definition) is 1. The number of halogens is 2. The van der Waals surface area contributed by atoms with Crippen molar-refractivity contribution in [1.29, 1.82) is 0 Å². The molecule has 2 rings (SSSR count). The van der Waals surface area contributed by atoms with E-state index < -0.39 is 0 Å². The predicted molar refractivity (Wildman–Crippen MR) is 88.9 cm³/mol. The maximum Gasteiger partial charge on any atom is 0.0456 e. The Morgan fingerprint density at radius 2 is 1.70 bits per heavy atom. The van der Waals surface area contributed by atoms with E-state index in [4.69, 9.17) is 23.2 Å². The maximum atomic E-state index is 6.45. The first-order valence-electron chi connectivity index (χ1n) is 7.77. The van der Waals surface area contributed by atoms with Gasteiger partial charge in [0.15, 0.2) is 0 Å². The minimum atomic E-state index is 0.430. The molecule has 1 aromatic rings. The van der Waals surface area contributed by atoms with Crippen molar-refractivity contribution in [2.24, 2.45) is 5.92 Å². The molecule has 0 aliphatic heterocycles. The highest BCUT2D eigenvalue weighted by atomic mass is 35.5. The minimum Gasteiger partial charge on any atom is -0.314 e. The fraction of sp³-hybridized carbons (Fsp3) is 0.647. The van der Waals surface area contributed by atoms with Crippen molar-refractivity contribution in [3.05, 3.63) is 33.8 Å². The molecule has 0 heterocycles. The molecule has 1 fully saturated rings. The second-order valence-electron chi connectivity index (χ2n) is 6.20. The molecule has 0 saturated heterocycles. The summed E-state index contributed by atoms with van der Waals surface area (Å²) in [5, 5.41) is 5.21. The monoisotopic (exact) mass is 313 g/mol. The van der Waals surface area contributed by atoms with E-state index in [2.05, 4.69) is 19.2 Å². The number of hydrogen-bond acceptors (Lipinski definition) is 1. The number of benzene rings is 1. The molecule has 1 aliphatic carbocycles. The lowest BCUT2D eigenvalue weighted by Gasteiger charge is -2.32. The summed E-state index contributed by atoms with van der Waals surface area (Å²) in [7, 11) is 0. The molecule has 0 bridgehead atoms. The van der Waals surface area contributed by atoms with E-state index in [1.807, 2.05) is 18.2 Å². The molecular formula is C17H25Cl2N. The van der Waals surface area contributed by atoms with Crippen LogP contribution in [-0.2, 0) is 0 Å². The highest BCUT2D eigenvalue weighted by molar-refractivity contribution is 6.36. The summed E-state index contributed by atoms with van der Waals surface area (Å²) in [6.07, 6.45) is 6.64. The molecule has 1 aromatic carbocycles. The Morgan fingerprint density at radius 1 is 1.10 bits per heavy atom. The molecule has 1 nitrogen and oxygen atoms in total. The molecule has 0 radical (unpaired) electrons. The first kappa shape index (κ1) is 16.1. The van der Waals surface area contributed by atoms with Crippen LogP contribution in [0, 0.1) is 5.92 Å². The summed E-state index contributed by atoms with van der Waals surface area (Å²) in [5.41, 5.74) is 1.15. The first-order valence-corrected chi connectivity index (χ1v) is 8.52. The summed E-state index contributed by atoms with van der Waals surface area (Å²) in [5.74, 6) is 1.13. The molecule has 1 atom stereocenters. The third-order valence-electron chi connectivity index (χ3n) is 4.34. The number of nitrogens with one attached hydrogen (secondary N) is 1. The van der Waals surface area contributed by atoms with Gasteiger partial charge < -0.3 is 5.32 Å². The molecule has 1 saturated carbocycles. The Kier molecular flexibility index (Phi) is 6.20. The van der Waals surface area contributed by atoms with Crippen LogP contribution in [0.2, 0.25) is 10.0 Å². The van der Waals surface area contributed by atoms with Gasteiger partial charge >= 0.3 is 0 Å². The van der Waals surface area contributed by atoms with Crippen molar-refractivity contribution in [3.63, 3.8) is 0 Å². The van der Waals surface area contributed by atoms with Gasteiger partial charge in [-0.25, -0.2) is 0 Å². The zero-order valence-electron chi connectivity index (χ0n) is 12.5. The third-order valence-corrected chi connectivity index (χ3v) is 4.99. The predicted octanol–water partition coefficient (Wildman–Crippen LogP) is 5.66. The van der Waals surface area contributed by atoms with Gasteiger partial charge in [0.05, 0.1) is 0 Å². The van der Waals surface area contributed by atoms with Gasteiger partial charge in [-0.05, 0) is 36.5 Å². The number of rotatable bonds is 5. The van der Waals surface area contributed by atoms with Crippen LogP contribution in [0.5, 0.6) is 0 Å². The van der Waals surface area contributed by atoms with Crippen molar-refractivity contribution >= 4 is 23.2 Å². The van der Waals surface area contributed by atoms with E-state index in [0.29, 0.717) is 17.9 Å². The van der Waals surface area contributed by atoms with Gasteiger partial charge in [0.2, 0.25) is 0 Å². The van der Waals surface area contributed by atoms with E-state index in [1.54, 1.807) is 0 Å². The van der Waals surface area contributed by atoms with Crippen LogP contribution in [0.25, 0.3) is 0 Å². The summed E-state index contributed by atoms with van der Waals surface area (Å²) < 4.78 is 0. The lowest BCUT2D eigenvalue weighted by atomic mass is 9.76. The van der Waals surface area contributed by atoms with Gasteiger partial charge in [-0.1, -0.05) is 62.4 Å². The van der Waals surface area contributed by atoms with Crippen molar-refractivity contribution in [2.45, 2.75) is 57.9 Å². The van der Waals surface area contributed by atoms with Gasteiger partial charge in [-0.15, -0.1) is 0 Å². The lowest BCUT2D eigenvalue weighted by molar-refractivity contribution is 0.293. The fourth-order valence-corrected chi connectivity index (χ4v) is 3.95. The molecular weight excluding hydrogens is 289 g/mol.